The van der Waals surface area contributed by atoms with E-state index in [1.807, 2.05) is 36.4 Å². The standard InChI is InChI=1S/C20H29N3O4/c1-21-20(22-10-4-11-25-16-19-5-3-12-26-19)23-15-17-6-8-18(9-7-17)27-14-13-24-2/h3,5-9,12H,4,10-11,13-16H2,1-2H3,(H2,21,22,23). The fraction of sp³-hybridized carbons (Fsp3) is 0.450. The number of methoxy groups -OCH3 is 1. The zero-order valence-corrected chi connectivity index (χ0v) is 16.1. The van der Waals surface area contributed by atoms with Crippen LogP contribution in [0.25, 0.3) is 0 Å². The highest BCUT2D eigenvalue weighted by atomic mass is 16.5. The molecule has 0 amide bonds. The summed E-state index contributed by atoms with van der Waals surface area (Å²) in [6.45, 7) is 3.77. The van der Waals surface area contributed by atoms with Crippen molar-refractivity contribution in [1.82, 2.24) is 10.6 Å². The first-order valence-corrected chi connectivity index (χ1v) is 9.07. The minimum absolute atomic E-state index is 0.505. The van der Waals surface area contributed by atoms with Gasteiger partial charge in [-0.1, -0.05) is 12.1 Å². The number of benzene rings is 1. The third-order valence-corrected chi connectivity index (χ3v) is 3.75. The summed E-state index contributed by atoms with van der Waals surface area (Å²) in [5.41, 5.74) is 1.15. The Balaban J connectivity index is 1.57. The first-order chi connectivity index (χ1) is 13.3. The van der Waals surface area contributed by atoms with Crippen molar-refractivity contribution in [2.24, 2.45) is 4.99 Å². The molecule has 0 saturated carbocycles. The molecule has 2 aromatic rings. The third-order valence-electron chi connectivity index (χ3n) is 3.75. The molecule has 1 aromatic heterocycles. The fourth-order valence-electron chi connectivity index (χ4n) is 2.30. The number of rotatable bonds is 12. The molecule has 0 aliphatic rings. The Kier molecular flexibility index (Phi) is 9.84. The van der Waals surface area contributed by atoms with Crippen molar-refractivity contribution in [3.05, 3.63) is 54.0 Å². The number of nitrogens with one attached hydrogen (secondary N) is 2. The number of furan rings is 1. The molecule has 0 saturated heterocycles. The molecule has 148 valence electrons. The maximum absolute atomic E-state index is 5.56. The predicted octanol–water partition coefficient (Wildman–Crippen LogP) is 2.58. The van der Waals surface area contributed by atoms with Crippen molar-refractivity contribution < 1.29 is 18.6 Å². The second-order valence-electron chi connectivity index (χ2n) is 5.82. The van der Waals surface area contributed by atoms with Crippen molar-refractivity contribution in [2.75, 3.05) is 40.5 Å². The molecule has 0 aliphatic heterocycles. The number of guanidine groups is 1. The molecule has 7 nitrogen and oxygen atoms in total. The SMILES string of the molecule is CN=C(NCCCOCc1ccco1)NCc1ccc(OCCOC)cc1. The van der Waals surface area contributed by atoms with E-state index in [0.717, 1.165) is 36.0 Å². The summed E-state index contributed by atoms with van der Waals surface area (Å²) in [4.78, 5) is 4.23. The van der Waals surface area contributed by atoms with E-state index in [0.29, 0.717) is 33.0 Å². The summed E-state index contributed by atoms with van der Waals surface area (Å²) in [5.74, 6) is 2.45. The van der Waals surface area contributed by atoms with Crippen LogP contribution in [0.15, 0.2) is 52.1 Å². The molecule has 0 radical (unpaired) electrons. The quantitative estimate of drug-likeness (QED) is 0.337. The van der Waals surface area contributed by atoms with E-state index in [1.165, 1.54) is 0 Å². The van der Waals surface area contributed by atoms with Gasteiger partial charge < -0.3 is 29.3 Å². The van der Waals surface area contributed by atoms with Gasteiger partial charge in [-0.25, -0.2) is 0 Å². The van der Waals surface area contributed by atoms with E-state index in [1.54, 1.807) is 20.4 Å². The van der Waals surface area contributed by atoms with Crippen LogP contribution in [0.4, 0.5) is 0 Å². The van der Waals surface area contributed by atoms with Crippen LogP contribution in [0.1, 0.15) is 17.7 Å². The van der Waals surface area contributed by atoms with E-state index in [-0.39, 0.29) is 0 Å². The average Bonchev–Trinajstić information content (AvgIpc) is 3.21. The van der Waals surface area contributed by atoms with Gasteiger partial charge in [-0.3, -0.25) is 4.99 Å². The predicted molar refractivity (Wildman–Crippen MR) is 105 cm³/mol. The molecular weight excluding hydrogens is 346 g/mol. The topological polar surface area (TPSA) is 77.3 Å². The first kappa shape index (κ1) is 20.8. The fourth-order valence-corrected chi connectivity index (χ4v) is 2.30. The molecule has 2 N–H and O–H groups in total. The van der Waals surface area contributed by atoms with Crippen molar-refractivity contribution in [1.29, 1.82) is 0 Å². The maximum atomic E-state index is 5.56. The number of hydrogen-bond donors (Lipinski definition) is 2. The Bertz CT molecular complexity index is 642. The summed E-state index contributed by atoms with van der Waals surface area (Å²) in [6, 6.07) is 11.7. The highest BCUT2D eigenvalue weighted by molar-refractivity contribution is 5.79. The largest absolute Gasteiger partial charge is 0.491 e. The summed E-state index contributed by atoms with van der Waals surface area (Å²) in [6.07, 6.45) is 2.53. The number of hydrogen-bond acceptors (Lipinski definition) is 5. The van der Waals surface area contributed by atoms with E-state index >= 15 is 0 Å². The molecule has 1 heterocycles. The van der Waals surface area contributed by atoms with E-state index in [2.05, 4.69) is 15.6 Å². The Morgan fingerprint density at radius 2 is 1.93 bits per heavy atom. The van der Waals surface area contributed by atoms with Gasteiger partial charge in [0.25, 0.3) is 0 Å². The lowest BCUT2D eigenvalue weighted by atomic mass is 10.2. The lowest BCUT2D eigenvalue weighted by Crippen LogP contribution is -2.37. The van der Waals surface area contributed by atoms with Crippen LogP contribution in [-0.4, -0.2) is 46.5 Å². The second kappa shape index (κ2) is 12.8. The molecule has 1 aromatic carbocycles. The molecule has 2 rings (SSSR count). The van der Waals surface area contributed by atoms with E-state index in [4.69, 9.17) is 18.6 Å². The van der Waals surface area contributed by atoms with Gasteiger partial charge in [-0.05, 0) is 36.2 Å². The van der Waals surface area contributed by atoms with E-state index < -0.39 is 0 Å². The molecule has 0 bridgehead atoms. The zero-order chi connectivity index (χ0) is 19.2. The summed E-state index contributed by atoms with van der Waals surface area (Å²) < 4.78 is 21.3. The monoisotopic (exact) mass is 375 g/mol. The van der Waals surface area contributed by atoms with E-state index in [9.17, 15) is 0 Å². The van der Waals surface area contributed by atoms with Crippen LogP contribution in [0.3, 0.4) is 0 Å². The molecule has 27 heavy (non-hydrogen) atoms. The van der Waals surface area contributed by atoms with Crippen LogP contribution in [-0.2, 0) is 22.6 Å². The van der Waals surface area contributed by atoms with Gasteiger partial charge in [0.05, 0.1) is 12.9 Å². The third kappa shape index (κ3) is 8.61. The summed E-state index contributed by atoms with van der Waals surface area (Å²) in [7, 11) is 3.42. The Labute approximate surface area is 160 Å². The van der Waals surface area contributed by atoms with Gasteiger partial charge in [0, 0.05) is 33.9 Å². The van der Waals surface area contributed by atoms with Crippen molar-refractivity contribution in [3.63, 3.8) is 0 Å². The molecule has 7 heteroatoms. The number of ether oxygens (including phenoxy) is 3. The first-order valence-electron chi connectivity index (χ1n) is 9.07. The minimum Gasteiger partial charge on any atom is -0.491 e. The Hall–Kier alpha value is -2.51. The summed E-state index contributed by atoms with van der Waals surface area (Å²) >= 11 is 0. The van der Waals surface area contributed by atoms with Crippen LogP contribution in [0, 0.1) is 0 Å². The number of aliphatic imine (C=N–C) groups is 1. The number of nitrogens with zero attached hydrogens (tertiary/aromatic N) is 1. The van der Waals surface area contributed by atoms with Crippen molar-refractivity contribution in [2.45, 2.75) is 19.6 Å². The molecule has 0 aliphatic carbocycles. The molecule has 0 fully saturated rings. The molecule has 0 unspecified atom stereocenters. The van der Waals surface area contributed by atoms with Crippen LogP contribution in [0.5, 0.6) is 5.75 Å². The molecule has 0 atom stereocenters. The summed E-state index contributed by atoms with van der Waals surface area (Å²) in [5, 5.41) is 6.57. The van der Waals surface area contributed by atoms with Crippen LogP contribution < -0.4 is 15.4 Å². The minimum atomic E-state index is 0.505. The lowest BCUT2D eigenvalue weighted by molar-refractivity contribution is 0.105. The highest BCUT2D eigenvalue weighted by Gasteiger charge is 2.00. The average molecular weight is 375 g/mol. The van der Waals surface area contributed by atoms with Gasteiger partial charge >= 0.3 is 0 Å². The highest BCUT2D eigenvalue weighted by Crippen LogP contribution is 2.11. The lowest BCUT2D eigenvalue weighted by Gasteiger charge is -2.12. The smallest absolute Gasteiger partial charge is 0.191 e. The van der Waals surface area contributed by atoms with Crippen LogP contribution in [0.2, 0.25) is 0 Å². The molecular formula is C20H29N3O4. The van der Waals surface area contributed by atoms with Gasteiger partial charge in [0.2, 0.25) is 0 Å². The second-order valence-corrected chi connectivity index (χ2v) is 5.82. The van der Waals surface area contributed by atoms with Crippen molar-refractivity contribution >= 4 is 5.96 Å². The molecule has 0 spiro atoms. The van der Waals surface area contributed by atoms with Gasteiger partial charge in [-0.2, -0.15) is 0 Å². The van der Waals surface area contributed by atoms with Gasteiger partial charge in [-0.15, -0.1) is 0 Å². The van der Waals surface area contributed by atoms with Crippen molar-refractivity contribution in [3.8, 4) is 5.75 Å². The zero-order valence-electron chi connectivity index (χ0n) is 16.1. The van der Waals surface area contributed by atoms with Gasteiger partial charge in [0.15, 0.2) is 5.96 Å². The normalized spacial score (nSPS) is 11.4. The van der Waals surface area contributed by atoms with Gasteiger partial charge in [0.1, 0.15) is 24.7 Å². The Morgan fingerprint density at radius 1 is 1.07 bits per heavy atom. The Morgan fingerprint density at radius 3 is 2.63 bits per heavy atom. The maximum Gasteiger partial charge on any atom is 0.191 e. The van der Waals surface area contributed by atoms with Crippen LogP contribution >= 0.6 is 0 Å².